The summed E-state index contributed by atoms with van der Waals surface area (Å²) in [4.78, 5) is 0. The van der Waals surface area contributed by atoms with Gasteiger partial charge in [-0.1, -0.05) is 38.1 Å². The Morgan fingerprint density at radius 3 is 2.36 bits per heavy atom. The fraction of sp³-hybridized carbons (Fsp3) is 0.500. The number of rotatable bonds is 5. The molecule has 0 heterocycles. The van der Waals surface area contributed by atoms with Crippen molar-refractivity contribution in [3.63, 3.8) is 0 Å². The van der Waals surface area contributed by atoms with E-state index in [0.29, 0.717) is 25.7 Å². The van der Waals surface area contributed by atoms with Crippen LogP contribution in [0.15, 0.2) is 24.3 Å². The second-order valence-electron chi connectivity index (χ2n) is 3.74. The Bertz CT molecular complexity index is 254. The first-order chi connectivity index (χ1) is 6.74. The van der Waals surface area contributed by atoms with Gasteiger partial charge in [-0.2, -0.15) is 0 Å². The molecule has 78 valence electrons. The number of ether oxygens (including phenoxy) is 1. The predicted molar refractivity (Wildman–Crippen MR) is 59.2 cm³/mol. The van der Waals surface area contributed by atoms with Gasteiger partial charge in [0.2, 0.25) is 0 Å². The Morgan fingerprint density at radius 1 is 1.21 bits per heavy atom. The van der Waals surface area contributed by atoms with Crippen LogP contribution in [0.2, 0.25) is 0 Å². The lowest BCUT2D eigenvalue weighted by Crippen LogP contribution is -2.08. The van der Waals surface area contributed by atoms with Gasteiger partial charge in [-0.3, -0.25) is 0 Å². The maximum atomic E-state index is 5.34. The molecule has 0 radical (unpaired) electrons. The van der Waals surface area contributed by atoms with E-state index in [9.17, 15) is 0 Å². The van der Waals surface area contributed by atoms with Crippen LogP contribution in [0.4, 0.5) is 0 Å². The highest BCUT2D eigenvalue weighted by atomic mass is 16.5. The fourth-order valence-electron chi connectivity index (χ4n) is 1.27. The molecule has 0 fully saturated rings. The van der Waals surface area contributed by atoms with E-state index >= 15 is 0 Å². The fourth-order valence-corrected chi connectivity index (χ4v) is 1.27. The number of hydrogen-bond acceptors (Lipinski definition) is 2. The molecule has 0 atom stereocenters. The third kappa shape index (κ3) is 3.48. The van der Waals surface area contributed by atoms with E-state index in [4.69, 9.17) is 10.5 Å². The van der Waals surface area contributed by atoms with Gasteiger partial charge in [0.15, 0.2) is 0 Å². The summed E-state index contributed by atoms with van der Waals surface area (Å²) in [5, 5.41) is 0. The van der Waals surface area contributed by atoms with Gasteiger partial charge in [0.25, 0.3) is 0 Å². The zero-order valence-electron chi connectivity index (χ0n) is 8.99. The molecule has 0 aliphatic heterocycles. The minimum atomic E-state index is 0.587. The van der Waals surface area contributed by atoms with E-state index in [1.807, 2.05) is 0 Å². The summed E-state index contributed by atoms with van der Waals surface area (Å²) >= 11 is 0. The zero-order valence-corrected chi connectivity index (χ0v) is 8.99. The van der Waals surface area contributed by atoms with Gasteiger partial charge in [0.05, 0.1) is 13.2 Å². The van der Waals surface area contributed by atoms with Crippen molar-refractivity contribution >= 4 is 0 Å². The second-order valence-corrected chi connectivity index (χ2v) is 3.74. The lowest BCUT2D eigenvalue weighted by molar-refractivity contribution is 0.128. The van der Waals surface area contributed by atoms with Gasteiger partial charge in [0.1, 0.15) is 0 Å². The summed E-state index contributed by atoms with van der Waals surface area (Å²) in [6, 6.07) is 8.55. The van der Waals surface area contributed by atoms with Crippen LogP contribution in [-0.2, 0) is 11.3 Å². The summed E-state index contributed by atoms with van der Waals surface area (Å²) in [7, 11) is 0. The van der Waals surface area contributed by atoms with Crippen molar-refractivity contribution in [2.24, 2.45) is 5.73 Å². The van der Waals surface area contributed by atoms with Crippen molar-refractivity contribution in [2.45, 2.75) is 26.4 Å². The van der Waals surface area contributed by atoms with Crippen LogP contribution in [-0.4, -0.2) is 13.2 Å². The van der Waals surface area contributed by atoms with E-state index in [0.717, 1.165) is 0 Å². The molecule has 0 aromatic heterocycles. The van der Waals surface area contributed by atoms with Crippen LogP contribution in [0.1, 0.15) is 30.9 Å². The summed E-state index contributed by atoms with van der Waals surface area (Å²) in [5.41, 5.74) is 7.91. The molecule has 0 aliphatic rings. The standard InChI is InChI=1S/C12H19NO/c1-10(2)12-5-3-11(4-6-12)9-14-8-7-13/h3-6,10H,7-9,13H2,1-2H3. The Labute approximate surface area is 86.1 Å². The highest BCUT2D eigenvalue weighted by Crippen LogP contribution is 2.14. The zero-order chi connectivity index (χ0) is 10.4. The first kappa shape index (κ1) is 11.2. The van der Waals surface area contributed by atoms with Crippen molar-refractivity contribution in [3.8, 4) is 0 Å². The lowest BCUT2D eigenvalue weighted by atomic mass is 10.0. The molecule has 2 heteroatoms. The third-order valence-electron chi connectivity index (χ3n) is 2.18. The average Bonchev–Trinajstić information content (AvgIpc) is 2.19. The molecule has 0 aliphatic carbocycles. The smallest absolute Gasteiger partial charge is 0.0717 e. The van der Waals surface area contributed by atoms with E-state index in [1.54, 1.807) is 0 Å². The van der Waals surface area contributed by atoms with E-state index in [1.165, 1.54) is 11.1 Å². The van der Waals surface area contributed by atoms with Crippen molar-refractivity contribution in [1.82, 2.24) is 0 Å². The topological polar surface area (TPSA) is 35.2 Å². The van der Waals surface area contributed by atoms with Crippen LogP contribution in [0, 0.1) is 0 Å². The molecule has 0 unspecified atom stereocenters. The highest BCUT2D eigenvalue weighted by molar-refractivity contribution is 5.24. The molecule has 0 bridgehead atoms. The molecule has 0 saturated heterocycles. The summed E-state index contributed by atoms with van der Waals surface area (Å²) in [6.07, 6.45) is 0. The summed E-state index contributed by atoms with van der Waals surface area (Å²) in [6.45, 7) is 6.27. The molecule has 1 aromatic rings. The van der Waals surface area contributed by atoms with E-state index in [2.05, 4.69) is 38.1 Å². The van der Waals surface area contributed by atoms with Crippen molar-refractivity contribution in [3.05, 3.63) is 35.4 Å². The van der Waals surface area contributed by atoms with Crippen LogP contribution in [0.5, 0.6) is 0 Å². The first-order valence-corrected chi connectivity index (χ1v) is 5.10. The minimum absolute atomic E-state index is 0.587. The maximum Gasteiger partial charge on any atom is 0.0717 e. The Kier molecular flexibility index (Phi) is 4.63. The highest BCUT2D eigenvalue weighted by Gasteiger charge is 1.98. The Hall–Kier alpha value is -0.860. The molecular weight excluding hydrogens is 174 g/mol. The van der Waals surface area contributed by atoms with Gasteiger partial charge < -0.3 is 10.5 Å². The number of hydrogen-bond donors (Lipinski definition) is 1. The van der Waals surface area contributed by atoms with Gasteiger partial charge in [-0.25, -0.2) is 0 Å². The SMILES string of the molecule is CC(C)c1ccc(COCCN)cc1. The third-order valence-corrected chi connectivity index (χ3v) is 2.18. The molecular formula is C12H19NO. The largest absolute Gasteiger partial charge is 0.375 e. The number of nitrogens with two attached hydrogens (primary N) is 1. The Balaban J connectivity index is 2.47. The van der Waals surface area contributed by atoms with Crippen LogP contribution >= 0.6 is 0 Å². The van der Waals surface area contributed by atoms with Crippen molar-refractivity contribution in [1.29, 1.82) is 0 Å². The normalized spacial score (nSPS) is 10.9. The number of benzene rings is 1. The summed E-state index contributed by atoms with van der Waals surface area (Å²) < 4.78 is 5.34. The molecule has 2 N–H and O–H groups in total. The average molecular weight is 193 g/mol. The quantitative estimate of drug-likeness (QED) is 0.728. The van der Waals surface area contributed by atoms with Crippen LogP contribution in [0.25, 0.3) is 0 Å². The van der Waals surface area contributed by atoms with Gasteiger partial charge in [0, 0.05) is 6.54 Å². The molecule has 2 nitrogen and oxygen atoms in total. The van der Waals surface area contributed by atoms with Crippen LogP contribution in [0.3, 0.4) is 0 Å². The van der Waals surface area contributed by atoms with Crippen LogP contribution < -0.4 is 5.73 Å². The van der Waals surface area contributed by atoms with Gasteiger partial charge in [-0.05, 0) is 17.0 Å². The molecule has 14 heavy (non-hydrogen) atoms. The van der Waals surface area contributed by atoms with Crippen molar-refractivity contribution in [2.75, 3.05) is 13.2 Å². The lowest BCUT2D eigenvalue weighted by Gasteiger charge is -2.07. The minimum Gasteiger partial charge on any atom is -0.375 e. The Morgan fingerprint density at radius 2 is 1.86 bits per heavy atom. The van der Waals surface area contributed by atoms with Crippen molar-refractivity contribution < 1.29 is 4.74 Å². The monoisotopic (exact) mass is 193 g/mol. The molecule has 1 aromatic carbocycles. The molecule has 0 spiro atoms. The van der Waals surface area contributed by atoms with E-state index in [-0.39, 0.29) is 0 Å². The van der Waals surface area contributed by atoms with E-state index < -0.39 is 0 Å². The maximum absolute atomic E-state index is 5.34. The predicted octanol–water partition coefficient (Wildman–Crippen LogP) is 2.29. The first-order valence-electron chi connectivity index (χ1n) is 5.10. The van der Waals surface area contributed by atoms with Gasteiger partial charge >= 0.3 is 0 Å². The summed E-state index contributed by atoms with van der Waals surface area (Å²) in [5.74, 6) is 0.592. The van der Waals surface area contributed by atoms with Gasteiger partial charge in [-0.15, -0.1) is 0 Å². The molecule has 1 rings (SSSR count). The second kappa shape index (κ2) is 5.78. The molecule has 0 saturated carbocycles. The molecule has 0 amide bonds.